The Hall–Kier alpha value is -4.37. The molecule has 86 heavy (non-hydrogen) atoms. The predicted octanol–water partition coefficient (Wildman–Crippen LogP) is 22.4. The van der Waals surface area contributed by atoms with Crippen molar-refractivity contribution in [3.8, 4) is 0 Å². The van der Waals surface area contributed by atoms with Crippen LogP contribution in [0, 0.1) is 0 Å². The first kappa shape index (κ1) is 81.6. The van der Waals surface area contributed by atoms with Crippen LogP contribution < -0.4 is 0 Å². The number of quaternary nitrogens is 1. The van der Waals surface area contributed by atoms with Crippen LogP contribution in [0.25, 0.3) is 0 Å². The van der Waals surface area contributed by atoms with Crippen molar-refractivity contribution in [2.45, 2.75) is 264 Å². The van der Waals surface area contributed by atoms with E-state index in [2.05, 4.69) is 172 Å². The third-order valence-corrected chi connectivity index (χ3v) is 15.0. The van der Waals surface area contributed by atoms with Crippen molar-refractivity contribution >= 4 is 19.8 Å². The van der Waals surface area contributed by atoms with E-state index in [1.54, 1.807) is 0 Å². The monoisotopic (exact) mass is 1210 g/mol. The van der Waals surface area contributed by atoms with Gasteiger partial charge in [0.05, 0.1) is 27.7 Å². The number of ether oxygens (including phenoxy) is 2. The number of carbonyl (C=O) groups excluding carboxylic acids is 2. The van der Waals surface area contributed by atoms with Crippen LogP contribution in [-0.2, 0) is 32.7 Å². The number of phosphoric acid groups is 1. The number of allylic oxidation sites excluding steroid dienone is 26. The van der Waals surface area contributed by atoms with Gasteiger partial charge in [-0.25, -0.2) is 4.57 Å². The number of esters is 2. The topological polar surface area (TPSA) is 108 Å². The van der Waals surface area contributed by atoms with Crippen LogP contribution in [0.2, 0.25) is 0 Å². The van der Waals surface area contributed by atoms with Crippen molar-refractivity contribution < 1.29 is 42.1 Å². The van der Waals surface area contributed by atoms with Gasteiger partial charge in [0.2, 0.25) is 0 Å². The average Bonchev–Trinajstić information content (AvgIpc) is 3.56. The molecule has 488 valence electrons. The van der Waals surface area contributed by atoms with Crippen molar-refractivity contribution in [2.75, 3.05) is 47.5 Å². The minimum atomic E-state index is -4.41. The number of rotatable bonds is 61. The Morgan fingerprint density at radius 1 is 0.372 bits per heavy atom. The Labute approximate surface area is 528 Å². The highest BCUT2D eigenvalue weighted by Gasteiger charge is 2.27. The lowest BCUT2D eigenvalue weighted by atomic mass is 10.0. The molecule has 0 radical (unpaired) electrons. The van der Waals surface area contributed by atoms with E-state index in [1.165, 1.54) is 96.3 Å². The zero-order valence-electron chi connectivity index (χ0n) is 55.5. The predicted molar refractivity (Wildman–Crippen MR) is 371 cm³/mol. The Kier molecular flexibility index (Phi) is 61.8. The standard InChI is InChI=1S/C76H126NO8P/c1-6-8-10-12-14-16-18-20-22-24-26-28-30-31-32-33-34-35-36-37-38-39-40-41-42-43-44-45-47-49-51-53-55-57-59-61-63-65-67-69-76(79)85-74(73-84-86(80,81)83-71-70-77(3,4)5)72-82-75(78)68-66-64-62-60-58-56-54-52-50-48-46-29-27-25-23-21-19-17-15-13-11-9-7-2/h8,10,14,16,19-22,25-28,31-32,34-35,37-38,40-41,43-44,47,49,53,55,74H,6-7,9,11-13,15,17-18,23-24,29-30,33,36,39,42,45-46,48,50-52,54,56-73H2,1-5H3/p+1/b10-8-,16-14-,21-19-,22-20-,27-25-,28-26-,32-31-,35-34-,38-37-,41-40-,44-43-,49-47-,55-53-. The average molecular weight is 1210 g/mol. The maximum Gasteiger partial charge on any atom is 0.472 e. The lowest BCUT2D eigenvalue weighted by Gasteiger charge is -2.24. The lowest BCUT2D eigenvalue weighted by Crippen LogP contribution is -2.37. The van der Waals surface area contributed by atoms with Crippen LogP contribution in [0.1, 0.15) is 258 Å². The first-order valence-electron chi connectivity index (χ1n) is 34.2. The molecule has 1 N–H and O–H groups in total. The molecule has 0 saturated carbocycles. The first-order valence-corrected chi connectivity index (χ1v) is 35.7. The van der Waals surface area contributed by atoms with E-state index in [0.717, 1.165) is 128 Å². The zero-order valence-corrected chi connectivity index (χ0v) is 56.4. The van der Waals surface area contributed by atoms with Gasteiger partial charge in [-0.3, -0.25) is 18.6 Å². The fraction of sp³-hybridized carbons (Fsp3) is 0.632. The van der Waals surface area contributed by atoms with E-state index in [4.69, 9.17) is 18.5 Å². The summed E-state index contributed by atoms with van der Waals surface area (Å²) in [6, 6.07) is 0. The van der Waals surface area contributed by atoms with Gasteiger partial charge in [0, 0.05) is 12.8 Å². The fourth-order valence-electron chi connectivity index (χ4n) is 8.82. The van der Waals surface area contributed by atoms with E-state index in [0.29, 0.717) is 17.4 Å². The molecule has 2 unspecified atom stereocenters. The Balaban J connectivity index is 4.18. The highest BCUT2D eigenvalue weighted by molar-refractivity contribution is 7.47. The Morgan fingerprint density at radius 2 is 0.663 bits per heavy atom. The SMILES string of the molecule is CC/C=C\C/C=C\C/C=C\C/C=C\C/C=C\C/C=C\C/C=C\C/C=C\C/C=C\C/C=C\C/C=C\CCCCCCCC(=O)OC(COC(=O)CCCCCCCCCCCCC/C=C\C/C=C\CCCCCCC)COP(=O)(O)OCC[N+](C)(C)C. The molecular formula is C76H127NO8P+. The number of carbonyl (C=O) groups is 2. The summed E-state index contributed by atoms with van der Waals surface area (Å²) in [5.41, 5.74) is 0. The molecule has 0 bridgehead atoms. The van der Waals surface area contributed by atoms with Crippen molar-refractivity contribution in [2.24, 2.45) is 0 Å². The molecular weight excluding hydrogens is 1090 g/mol. The highest BCUT2D eigenvalue weighted by atomic mass is 31.2. The number of hydrogen-bond donors (Lipinski definition) is 1. The molecule has 0 saturated heterocycles. The molecule has 10 heteroatoms. The second kappa shape index (κ2) is 65.1. The van der Waals surface area contributed by atoms with Crippen molar-refractivity contribution in [3.05, 3.63) is 158 Å². The van der Waals surface area contributed by atoms with E-state index in [1.807, 2.05) is 21.1 Å². The third-order valence-electron chi connectivity index (χ3n) is 14.0. The quantitative estimate of drug-likeness (QED) is 0.0211. The van der Waals surface area contributed by atoms with Gasteiger partial charge in [-0.1, -0.05) is 275 Å². The molecule has 2 atom stereocenters. The molecule has 0 fully saturated rings. The molecule has 0 aromatic rings. The van der Waals surface area contributed by atoms with Gasteiger partial charge in [0.25, 0.3) is 0 Å². The summed E-state index contributed by atoms with van der Waals surface area (Å²) in [4.78, 5) is 35.8. The van der Waals surface area contributed by atoms with Crippen LogP contribution in [0.5, 0.6) is 0 Å². The van der Waals surface area contributed by atoms with E-state index in [9.17, 15) is 19.0 Å². The van der Waals surface area contributed by atoms with Crippen LogP contribution in [0.15, 0.2) is 158 Å². The minimum Gasteiger partial charge on any atom is -0.462 e. The van der Waals surface area contributed by atoms with Gasteiger partial charge in [-0.15, -0.1) is 0 Å². The van der Waals surface area contributed by atoms with Crippen LogP contribution in [0.3, 0.4) is 0 Å². The summed E-state index contributed by atoms with van der Waals surface area (Å²) >= 11 is 0. The zero-order chi connectivity index (χ0) is 62.6. The van der Waals surface area contributed by atoms with Gasteiger partial charge < -0.3 is 18.9 Å². The molecule has 0 aliphatic carbocycles. The van der Waals surface area contributed by atoms with Crippen molar-refractivity contribution in [3.63, 3.8) is 0 Å². The molecule has 0 rings (SSSR count). The largest absolute Gasteiger partial charge is 0.472 e. The first-order chi connectivity index (χ1) is 42.0. The summed E-state index contributed by atoms with van der Waals surface area (Å²) < 4.78 is 34.6. The minimum absolute atomic E-state index is 0.0193. The molecule has 0 heterocycles. The smallest absolute Gasteiger partial charge is 0.462 e. The van der Waals surface area contributed by atoms with E-state index < -0.39 is 26.5 Å². The molecule has 0 spiro atoms. The summed E-state index contributed by atoms with van der Waals surface area (Å²) in [6.45, 7) is 4.28. The Morgan fingerprint density at radius 3 is 0.988 bits per heavy atom. The molecule has 0 aromatic heterocycles. The molecule has 0 aliphatic rings. The molecule has 0 amide bonds. The normalized spacial score (nSPS) is 14.2. The van der Waals surface area contributed by atoms with Gasteiger partial charge in [0.15, 0.2) is 6.10 Å². The fourth-order valence-corrected chi connectivity index (χ4v) is 9.56. The molecule has 9 nitrogen and oxygen atoms in total. The molecule has 0 aliphatic heterocycles. The van der Waals surface area contributed by atoms with Crippen LogP contribution in [-0.4, -0.2) is 74.9 Å². The lowest BCUT2D eigenvalue weighted by molar-refractivity contribution is -0.870. The second-order valence-electron chi connectivity index (χ2n) is 23.5. The third kappa shape index (κ3) is 68.7. The van der Waals surface area contributed by atoms with E-state index >= 15 is 0 Å². The summed E-state index contributed by atoms with van der Waals surface area (Å²) in [5.74, 6) is -0.829. The van der Waals surface area contributed by atoms with Gasteiger partial charge in [0.1, 0.15) is 19.8 Å². The van der Waals surface area contributed by atoms with Gasteiger partial charge >= 0.3 is 19.8 Å². The Bertz CT molecular complexity index is 2010. The van der Waals surface area contributed by atoms with Crippen molar-refractivity contribution in [1.82, 2.24) is 0 Å². The number of hydrogen-bond acceptors (Lipinski definition) is 7. The maximum absolute atomic E-state index is 12.9. The summed E-state index contributed by atoms with van der Waals surface area (Å²) in [6.07, 6.45) is 97.6. The molecule has 0 aromatic carbocycles. The van der Waals surface area contributed by atoms with Gasteiger partial charge in [-0.05, 0) is 128 Å². The van der Waals surface area contributed by atoms with Crippen molar-refractivity contribution in [1.29, 1.82) is 0 Å². The second-order valence-corrected chi connectivity index (χ2v) is 24.9. The number of phosphoric ester groups is 1. The summed E-state index contributed by atoms with van der Waals surface area (Å²) in [5, 5.41) is 0. The van der Waals surface area contributed by atoms with Crippen LogP contribution in [0.4, 0.5) is 0 Å². The van der Waals surface area contributed by atoms with Crippen LogP contribution >= 0.6 is 7.82 Å². The number of likely N-dealkylation sites (N-methyl/N-ethyl adjacent to an activating group) is 1. The van der Waals surface area contributed by atoms with Gasteiger partial charge in [-0.2, -0.15) is 0 Å². The maximum atomic E-state index is 12.9. The summed E-state index contributed by atoms with van der Waals surface area (Å²) in [7, 11) is 1.44. The highest BCUT2D eigenvalue weighted by Crippen LogP contribution is 2.43. The number of unbranched alkanes of at least 4 members (excludes halogenated alkanes) is 21. The number of nitrogens with zero attached hydrogens (tertiary/aromatic N) is 1. The van der Waals surface area contributed by atoms with E-state index in [-0.39, 0.29) is 32.0 Å².